The zero-order valence-electron chi connectivity index (χ0n) is 18.4. The molecular weight excluding hydrogens is 512 g/mol. The second-order valence-corrected chi connectivity index (χ2v) is 8.92. The first kappa shape index (κ1) is 23.1. The molecule has 0 spiro atoms. The third-order valence-electron chi connectivity index (χ3n) is 5.31. The number of hydrogen-bond acceptors (Lipinski definition) is 6. The number of nitrogens with zero attached hydrogens (tertiary/aromatic N) is 5. The molecule has 0 aliphatic rings. The van der Waals surface area contributed by atoms with Crippen molar-refractivity contribution < 1.29 is 14.6 Å². The molecule has 0 fully saturated rings. The Labute approximate surface area is 203 Å². The first-order valence-corrected chi connectivity index (χ1v) is 11.3. The smallest absolute Gasteiger partial charge is 0.356 e. The third-order valence-corrected chi connectivity index (χ3v) is 6.13. The van der Waals surface area contributed by atoms with Crippen LogP contribution in [-0.4, -0.2) is 42.7 Å². The fraction of sp³-hybridized carbons (Fsp3) is 0.273. The number of carboxylic acid groups (broad SMARTS) is 1. The van der Waals surface area contributed by atoms with Crippen molar-refractivity contribution >= 4 is 50.2 Å². The Bertz CT molecular complexity index is 1330. The summed E-state index contributed by atoms with van der Waals surface area (Å²) in [6, 6.07) is 10.4. The zero-order valence-corrected chi connectivity index (χ0v) is 20.7. The van der Waals surface area contributed by atoms with E-state index >= 15 is 0 Å². The molecule has 0 saturated heterocycles. The van der Waals surface area contributed by atoms with E-state index in [4.69, 9.17) is 16.3 Å². The highest BCUT2D eigenvalue weighted by Crippen LogP contribution is 2.36. The van der Waals surface area contributed by atoms with Crippen LogP contribution in [0.4, 0.5) is 5.69 Å². The Morgan fingerprint density at radius 1 is 1.24 bits per heavy atom. The van der Waals surface area contributed by atoms with E-state index in [1.807, 2.05) is 42.7 Å². The van der Waals surface area contributed by atoms with E-state index in [-0.39, 0.29) is 11.7 Å². The van der Waals surface area contributed by atoms with Gasteiger partial charge in [0.1, 0.15) is 0 Å². The average Bonchev–Trinajstić information content (AvgIpc) is 3.32. The highest BCUT2D eigenvalue weighted by molar-refractivity contribution is 9.10. The molecule has 11 heteroatoms. The number of ether oxygens (including phenoxy) is 1. The fourth-order valence-corrected chi connectivity index (χ4v) is 4.72. The Morgan fingerprint density at radius 2 is 1.94 bits per heavy atom. The van der Waals surface area contributed by atoms with Gasteiger partial charge in [-0.05, 0) is 53.5 Å². The maximum absolute atomic E-state index is 12.2. The summed E-state index contributed by atoms with van der Waals surface area (Å²) in [7, 11) is 3.36. The van der Waals surface area contributed by atoms with Gasteiger partial charge >= 0.3 is 5.97 Å². The Morgan fingerprint density at radius 3 is 2.55 bits per heavy atom. The Hall–Kier alpha value is -3.11. The quantitative estimate of drug-likeness (QED) is 0.341. The SMILES string of the molecule is COc1cc(NC(c2ccc(Cl)cc2)c2c(C(=O)O)nc(Br)n2C(C)C)cc2c1nnn2C. The van der Waals surface area contributed by atoms with Gasteiger partial charge in [-0.1, -0.05) is 28.9 Å². The number of methoxy groups -OCH3 is 1. The van der Waals surface area contributed by atoms with Crippen LogP contribution in [0.5, 0.6) is 5.75 Å². The summed E-state index contributed by atoms with van der Waals surface area (Å²) >= 11 is 9.56. The molecule has 2 heterocycles. The number of fused-ring (bicyclic) bond motifs is 1. The standard InChI is InChI=1S/C22H22BrClN6O3/c1-11(2)30-20(19(21(31)32)26-22(30)23)17(12-5-7-13(24)8-6-12)25-14-9-15-18(16(10-14)33-4)27-28-29(15)3/h5-11,17,25H,1-4H3,(H,31,32). The van der Waals surface area contributed by atoms with Crippen LogP contribution >= 0.6 is 27.5 Å². The summed E-state index contributed by atoms with van der Waals surface area (Å²) in [5.41, 5.74) is 3.39. The van der Waals surface area contributed by atoms with Crippen LogP contribution in [0.15, 0.2) is 41.1 Å². The van der Waals surface area contributed by atoms with Crippen molar-refractivity contribution in [3.8, 4) is 5.75 Å². The summed E-state index contributed by atoms with van der Waals surface area (Å²) in [6.45, 7) is 3.94. The predicted octanol–water partition coefficient (Wildman–Crippen LogP) is 5.07. The average molecular weight is 534 g/mol. The number of imidazole rings is 1. The van der Waals surface area contributed by atoms with E-state index < -0.39 is 12.0 Å². The molecule has 2 N–H and O–H groups in total. The first-order valence-electron chi connectivity index (χ1n) is 10.1. The van der Waals surface area contributed by atoms with Crippen molar-refractivity contribution in [1.82, 2.24) is 24.5 Å². The van der Waals surface area contributed by atoms with Crippen molar-refractivity contribution in [2.45, 2.75) is 25.9 Å². The number of anilines is 1. The number of carbonyl (C=O) groups is 1. The maximum atomic E-state index is 12.2. The molecule has 0 amide bonds. The normalized spacial score (nSPS) is 12.3. The molecule has 0 aliphatic heterocycles. The van der Waals surface area contributed by atoms with Crippen molar-refractivity contribution in [1.29, 1.82) is 0 Å². The van der Waals surface area contributed by atoms with Crippen LogP contribution in [0.1, 0.15) is 47.7 Å². The molecule has 33 heavy (non-hydrogen) atoms. The monoisotopic (exact) mass is 532 g/mol. The van der Waals surface area contributed by atoms with Crippen molar-refractivity contribution in [2.24, 2.45) is 7.05 Å². The number of aryl methyl sites for hydroxylation is 1. The number of carboxylic acids is 1. The molecule has 4 aromatic rings. The van der Waals surface area contributed by atoms with Gasteiger partial charge in [0.25, 0.3) is 0 Å². The van der Waals surface area contributed by atoms with E-state index in [9.17, 15) is 9.90 Å². The van der Waals surface area contributed by atoms with Gasteiger partial charge in [0.05, 0.1) is 24.4 Å². The minimum Gasteiger partial charge on any atom is -0.494 e. The highest BCUT2D eigenvalue weighted by atomic mass is 79.9. The minimum atomic E-state index is -1.12. The van der Waals surface area contributed by atoms with Crippen molar-refractivity contribution in [3.05, 3.63) is 63.1 Å². The number of nitrogens with one attached hydrogen (secondary N) is 1. The van der Waals surface area contributed by atoms with Crippen LogP contribution in [0, 0.1) is 0 Å². The molecule has 2 aromatic heterocycles. The summed E-state index contributed by atoms with van der Waals surface area (Å²) in [4.78, 5) is 16.4. The maximum Gasteiger partial charge on any atom is 0.356 e. The van der Waals surface area contributed by atoms with E-state index in [0.717, 1.165) is 11.1 Å². The van der Waals surface area contributed by atoms with Gasteiger partial charge in [-0.25, -0.2) is 14.5 Å². The van der Waals surface area contributed by atoms with E-state index in [1.54, 1.807) is 31.0 Å². The lowest BCUT2D eigenvalue weighted by Gasteiger charge is -2.25. The Balaban J connectivity index is 1.94. The van der Waals surface area contributed by atoms with E-state index in [2.05, 4.69) is 36.5 Å². The summed E-state index contributed by atoms with van der Waals surface area (Å²) in [5.74, 6) is -0.565. The van der Waals surface area contributed by atoms with Gasteiger partial charge in [0.15, 0.2) is 21.7 Å². The van der Waals surface area contributed by atoms with Crippen LogP contribution < -0.4 is 10.1 Å². The zero-order chi connectivity index (χ0) is 23.9. The summed E-state index contributed by atoms with van der Waals surface area (Å²) in [6.07, 6.45) is 0. The second-order valence-electron chi connectivity index (χ2n) is 7.77. The van der Waals surface area contributed by atoms with Gasteiger partial charge in [0, 0.05) is 29.9 Å². The molecule has 1 unspecified atom stereocenters. The van der Waals surface area contributed by atoms with E-state index in [0.29, 0.717) is 32.4 Å². The third kappa shape index (κ3) is 4.28. The largest absolute Gasteiger partial charge is 0.494 e. The highest BCUT2D eigenvalue weighted by Gasteiger charge is 2.30. The molecule has 1 atom stereocenters. The molecule has 0 aliphatic carbocycles. The van der Waals surface area contributed by atoms with Gasteiger partial charge in [-0.2, -0.15) is 0 Å². The molecule has 0 bridgehead atoms. The number of halogens is 2. The molecule has 2 aromatic carbocycles. The van der Waals surface area contributed by atoms with Gasteiger partial charge in [0.2, 0.25) is 0 Å². The lowest BCUT2D eigenvalue weighted by Crippen LogP contribution is -2.21. The van der Waals surface area contributed by atoms with Crippen LogP contribution in [0.3, 0.4) is 0 Å². The molecule has 4 rings (SSSR count). The van der Waals surface area contributed by atoms with Crippen LogP contribution in [0.2, 0.25) is 5.02 Å². The molecule has 0 radical (unpaired) electrons. The number of aromatic carboxylic acids is 1. The molecular formula is C22H22BrClN6O3. The second kappa shape index (κ2) is 9.03. The van der Waals surface area contributed by atoms with Gasteiger partial charge in [-0.3, -0.25) is 0 Å². The van der Waals surface area contributed by atoms with Crippen LogP contribution in [-0.2, 0) is 7.05 Å². The molecule has 172 valence electrons. The minimum absolute atomic E-state index is 0.0433. The van der Waals surface area contributed by atoms with Gasteiger partial charge in [-0.15, -0.1) is 5.10 Å². The molecule has 0 saturated carbocycles. The summed E-state index contributed by atoms with van der Waals surface area (Å²) < 4.78 is 9.47. The predicted molar refractivity (Wildman–Crippen MR) is 129 cm³/mol. The van der Waals surface area contributed by atoms with Crippen LogP contribution in [0.25, 0.3) is 11.0 Å². The lowest BCUT2D eigenvalue weighted by atomic mass is 10.0. The number of aromatic nitrogens is 5. The Kier molecular flexibility index (Phi) is 6.31. The number of hydrogen-bond donors (Lipinski definition) is 2. The number of benzene rings is 2. The summed E-state index contributed by atoms with van der Waals surface area (Å²) in [5, 5.41) is 22.2. The lowest BCUT2D eigenvalue weighted by molar-refractivity contribution is 0.0689. The fourth-order valence-electron chi connectivity index (χ4n) is 3.81. The number of rotatable bonds is 7. The molecule has 9 nitrogen and oxygen atoms in total. The first-order chi connectivity index (χ1) is 15.7. The topological polar surface area (TPSA) is 107 Å². The van der Waals surface area contributed by atoms with E-state index in [1.165, 1.54) is 0 Å². The van der Waals surface area contributed by atoms with Crippen molar-refractivity contribution in [2.75, 3.05) is 12.4 Å². The van der Waals surface area contributed by atoms with Gasteiger partial charge < -0.3 is 19.7 Å². The van der Waals surface area contributed by atoms with Crippen molar-refractivity contribution in [3.63, 3.8) is 0 Å².